The number of halogens is 1. The maximum atomic E-state index is 12.0. The molecule has 0 unspecified atom stereocenters. The summed E-state index contributed by atoms with van der Waals surface area (Å²) >= 11 is 0. The molecule has 0 aromatic carbocycles. The first-order valence-electron chi connectivity index (χ1n) is 6.51. The second-order valence-electron chi connectivity index (χ2n) is 5.55. The largest absolute Gasteiger partial charge is 0.325 e. The molecule has 2 aliphatic carbocycles. The molecular formula is C13H24ClNO. The van der Waals surface area contributed by atoms with Crippen molar-refractivity contribution in [2.45, 2.75) is 69.7 Å². The number of rotatable bonds is 3. The molecule has 0 amide bonds. The average molecular weight is 246 g/mol. The topological polar surface area (TPSA) is 43.1 Å². The molecule has 94 valence electrons. The Bertz CT molecular complexity index is 230. The molecule has 0 saturated heterocycles. The van der Waals surface area contributed by atoms with E-state index >= 15 is 0 Å². The predicted octanol–water partition coefficient (Wildman–Crippen LogP) is 3.22. The fourth-order valence-corrected chi connectivity index (χ4v) is 3.17. The van der Waals surface area contributed by atoms with E-state index in [4.69, 9.17) is 5.73 Å². The lowest BCUT2D eigenvalue weighted by atomic mass is 9.77. The molecule has 2 fully saturated rings. The molecule has 3 heteroatoms. The fourth-order valence-electron chi connectivity index (χ4n) is 3.17. The van der Waals surface area contributed by atoms with Crippen molar-refractivity contribution in [1.82, 2.24) is 0 Å². The van der Waals surface area contributed by atoms with E-state index in [1.807, 2.05) is 0 Å². The van der Waals surface area contributed by atoms with Crippen LogP contribution in [0, 0.1) is 5.92 Å². The van der Waals surface area contributed by atoms with Crippen LogP contribution in [0.5, 0.6) is 0 Å². The Kier molecular flexibility index (Phi) is 5.26. The molecule has 0 aliphatic heterocycles. The van der Waals surface area contributed by atoms with E-state index in [1.165, 1.54) is 32.1 Å². The number of nitrogens with two attached hydrogens (primary N) is 1. The molecule has 0 aromatic rings. The van der Waals surface area contributed by atoms with Crippen LogP contribution in [0.25, 0.3) is 0 Å². The molecule has 0 atom stereocenters. The van der Waals surface area contributed by atoms with Crippen molar-refractivity contribution in [3.05, 3.63) is 0 Å². The molecule has 2 aliphatic rings. The van der Waals surface area contributed by atoms with Gasteiger partial charge in [0, 0.05) is 17.9 Å². The number of Topliss-reactive ketones (excluding diaryl/α,β-unsaturated/α-hetero) is 1. The van der Waals surface area contributed by atoms with E-state index in [9.17, 15) is 4.79 Å². The van der Waals surface area contributed by atoms with Gasteiger partial charge in [0.1, 0.15) is 5.78 Å². The lowest BCUT2D eigenvalue weighted by molar-refractivity contribution is -0.124. The molecule has 0 spiro atoms. The number of ketones is 1. The van der Waals surface area contributed by atoms with Crippen LogP contribution < -0.4 is 5.73 Å². The summed E-state index contributed by atoms with van der Waals surface area (Å²) in [5.41, 5.74) is 6.17. The summed E-state index contributed by atoms with van der Waals surface area (Å²) < 4.78 is 0. The zero-order valence-electron chi connectivity index (χ0n) is 10.0. The summed E-state index contributed by atoms with van der Waals surface area (Å²) in [4.78, 5) is 12.0. The van der Waals surface area contributed by atoms with Gasteiger partial charge in [-0.3, -0.25) is 4.79 Å². The molecule has 2 rings (SSSR count). The number of hydrogen-bond donors (Lipinski definition) is 1. The first kappa shape index (κ1) is 14.0. The maximum Gasteiger partial charge on any atom is 0.137 e. The normalized spacial score (nSPS) is 25.1. The van der Waals surface area contributed by atoms with E-state index in [-0.39, 0.29) is 17.9 Å². The second-order valence-corrected chi connectivity index (χ2v) is 5.55. The van der Waals surface area contributed by atoms with Gasteiger partial charge < -0.3 is 5.73 Å². The van der Waals surface area contributed by atoms with Crippen LogP contribution in [0.2, 0.25) is 0 Å². The molecular weight excluding hydrogens is 222 g/mol. The molecule has 0 bridgehead atoms. The summed E-state index contributed by atoms with van der Waals surface area (Å²) in [5.74, 6) is 0.809. The Morgan fingerprint density at radius 1 is 1.06 bits per heavy atom. The minimum atomic E-state index is -0.141. The number of hydrogen-bond acceptors (Lipinski definition) is 2. The van der Waals surface area contributed by atoms with Crippen molar-refractivity contribution in [3.8, 4) is 0 Å². The summed E-state index contributed by atoms with van der Waals surface area (Å²) in [7, 11) is 0. The minimum absolute atomic E-state index is 0. The van der Waals surface area contributed by atoms with Crippen LogP contribution in [0.3, 0.4) is 0 Å². The highest BCUT2D eigenvalue weighted by molar-refractivity contribution is 5.85. The second kappa shape index (κ2) is 6.02. The molecule has 0 heterocycles. The van der Waals surface area contributed by atoms with Gasteiger partial charge in [0.05, 0.1) is 0 Å². The standard InChI is InChI=1S/C13H23NO.ClH/c14-13(8-4-1-5-9-13)10-12(15)11-6-2-3-7-11;/h11H,1-10,14H2;1H. The van der Waals surface area contributed by atoms with Gasteiger partial charge in [-0.05, 0) is 25.7 Å². The Hall–Kier alpha value is -0.0800. The van der Waals surface area contributed by atoms with Gasteiger partial charge in [-0.2, -0.15) is 0 Å². The molecule has 16 heavy (non-hydrogen) atoms. The Morgan fingerprint density at radius 2 is 1.62 bits per heavy atom. The lowest BCUT2D eigenvalue weighted by Crippen LogP contribution is -2.44. The van der Waals surface area contributed by atoms with Gasteiger partial charge >= 0.3 is 0 Å². The third-order valence-electron chi connectivity index (χ3n) is 4.19. The number of carbonyl (C=O) groups excluding carboxylic acids is 1. The SMILES string of the molecule is Cl.NC1(CC(=O)C2CCCC2)CCCCC1. The van der Waals surface area contributed by atoms with Gasteiger partial charge in [-0.15, -0.1) is 12.4 Å². The highest BCUT2D eigenvalue weighted by Crippen LogP contribution is 2.33. The Morgan fingerprint density at radius 3 is 2.19 bits per heavy atom. The first-order valence-corrected chi connectivity index (χ1v) is 6.51. The van der Waals surface area contributed by atoms with E-state index < -0.39 is 0 Å². The van der Waals surface area contributed by atoms with Crippen LogP contribution in [0.1, 0.15) is 64.2 Å². The van der Waals surface area contributed by atoms with Crippen molar-refractivity contribution < 1.29 is 4.79 Å². The number of carbonyl (C=O) groups is 1. The Balaban J connectivity index is 0.00000128. The van der Waals surface area contributed by atoms with Crippen LogP contribution in [-0.4, -0.2) is 11.3 Å². The average Bonchev–Trinajstić information content (AvgIpc) is 2.70. The molecule has 0 radical (unpaired) electrons. The van der Waals surface area contributed by atoms with Crippen LogP contribution in [0.4, 0.5) is 0 Å². The minimum Gasteiger partial charge on any atom is -0.325 e. The van der Waals surface area contributed by atoms with Crippen molar-refractivity contribution in [2.75, 3.05) is 0 Å². The van der Waals surface area contributed by atoms with Gasteiger partial charge in [0.2, 0.25) is 0 Å². The summed E-state index contributed by atoms with van der Waals surface area (Å²) in [6.07, 6.45) is 11.2. The van der Waals surface area contributed by atoms with Crippen LogP contribution in [-0.2, 0) is 4.79 Å². The van der Waals surface area contributed by atoms with E-state index in [2.05, 4.69) is 0 Å². The smallest absolute Gasteiger partial charge is 0.137 e. The third-order valence-corrected chi connectivity index (χ3v) is 4.19. The monoisotopic (exact) mass is 245 g/mol. The van der Waals surface area contributed by atoms with Crippen molar-refractivity contribution in [2.24, 2.45) is 11.7 Å². The predicted molar refractivity (Wildman–Crippen MR) is 68.8 cm³/mol. The maximum absolute atomic E-state index is 12.0. The van der Waals surface area contributed by atoms with E-state index in [1.54, 1.807) is 0 Å². The first-order chi connectivity index (χ1) is 7.20. The highest BCUT2D eigenvalue weighted by Gasteiger charge is 2.33. The quantitative estimate of drug-likeness (QED) is 0.830. The fraction of sp³-hybridized carbons (Fsp3) is 0.923. The van der Waals surface area contributed by atoms with E-state index in [0.29, 0.717) is 18.1 Å². The third kappa shape index (κ3) is 3.46. The summed E-state index contributed by atoms with van der Waals surface area (Å²) in [6.45, 7) is 0. The zero-order valence-corrected chi connectivity index (χ0v) is 10.9. The molecule has 2 N–H and O–H groups in total. The molecule has 2 nitrogen and oxygen atoms in total. The van der Waals surface area contributed by atoms with Gasteiger partial charge in [0.25, 0.3) is 0 Å². The Labute approximate surface area is 105 Å². The molecule has 0 aromatic heterocycles. The van der Waals surface area contributed by atoms with Crippen LogP contribution in [0.15, 0.2) is 0 Å². The zero-order chi connectivity index (χ0) is 10.7. The van der Waals surface area contributed by atoms with Crippen molar-refractivity contribution in [3.63, 3.8) is 0 Å². The van der Waals surface area contributed by atoms with Gasteiger partial charge in [-0.25, -0.2) is 0 Å². The van der Waals surface area contributed by atoms with Crippen molar-refractivity contribution >= 4 is 18.2 Å². The van der Waals surface area contributed by atoms with Crippen molar-refractivity contribution in [1.29, 1.82) is 0 Å². The van der Waals surface area contributed by atoms with Gasteiger partial charge in [0.15, 0.2) is 0 Å². The highest BCUT2D eigenvalue weighted by atomic mass is 35.5. The van der Waals surface area contributed by atoms with Gasteiger partial charge in [-0.1, -0.05) is 32.1 Å². The summed E-state index contributed by atoms with van der Waals surface area (Å²) in [5, 5.41) is 0. The lowest BCUT2D eigenvalue weighted by Gasteiger charge is -2.33. The van der Waals surface area contributed by atoms with E-state index in [0.717, 1.165) is 25.7 Å². The van der Waals surface area contributed by atoms with Crippen LogP contribution >= 0.6 is 12.4 Å². The molecule has 2 saturated carbocycles. The summed E-state index contributed by atoms with van der Waals surface area (Å²) in [6, 6.07) is 0.